The van der Waals surface area contributed by atoms with E-state index in [0.29, 0.717) is 43.5 Å². The van der Waals surface area contributed by atoms with Crippen molar-refractivity contribution >= 4 is 5.91 Å². The van der Waals surface area contributed by atoms with Gasteiger partial charge < -0.3 is 18.7 Å². The predicted octanol–water partition coefficient (Wildman–Crippen LogP) is 1.42. The molecule has 0 radical (unpaired) electrons. The van der Waals surface area contributed by atoms with Crippen LogP contribution in [0.5, 0.6) is 5.88 Å². The van der Waals surface area contributed by atoms with Crippen LogP contribution in [-0.2, 0) is 17.8 Å². The van der Waals surface area contributed by atoms with Gasteiger partial charge in [-0.1, -0.05) is 6.07 Å². The first-order valence-electron chi connectivity index (χ1n) is 8.61. The molecule has 1 fully saturated rings. The second-order valence-corrected chi connectivity index (χ2v) is 6.83. The van der Waals surface area contributed by atoms with E-state index in [4.69, 9.17) is 9.26 Å². The van der Waals surface area contributed by atoms with Gasteiger partial charge in [0.15, 0.2) is 0 Å². The summed E-state index contributed by atoms with van der Waals surface area (Å²) in [5.41, 5.74) is 1.12. The highest BCUT2D eigenvalue weighted by Crippen LogP contribution is 2.35. The van der Waals surface area contributed by atoms with Crippen LogP contribution in [0.25, 0.3) is 0 Å². The lowest BCUT2D eigenvalue weighted by atomic mass is 9.83. The molecule has 4 rings (SSSR count). The summed E-state index contributed by atoms with van der Waals surface area (Å²) in [5.74, 6) is 1.80. The summed E-state index contributed by atoms with van der Waals surface area (Å²) in [7, 11) is 1.53. The molecule has 0 unspecified atom stereocenters. The Morgan fingerprint density at radius 3 is 3.04 bits per heavy atom. The first-order chi connectivity index (χ1) is 12.1. The zero-order valence-electron chi connectivity index (χ0n) is 14.2. The molecule has 2 aliphatic rings. The minimum absolute atomic E-state index is 0.0613. The van der Waals surface area contributed by atoms with Crippen molar-refractivity contribution < 1.29 is 14.1 Å². The number of carbonyl (C=O) groups excluding carboxylic acids is 1. The Hall–Kier alpha value is -2.57. The van der Waals surface area contributed by atoms with Gasteiger partial charge in [0.2, 0.25) is 5.91 Å². The summed E-state index contributed by atoms with van der Waals surface area (Å²) in [5, 5.41) is 3.75. The standard InChI is InChI=1S/C18H21N3O4/c1-24-16-8-14(25-19-16)5-6-17(22)20-9-12-7-13(11-20)15-3-2-4-18(23)21(15)10-12/h2-4,8,12-13H,5-7,9-11H2,1H3/t12-,13+/m0/s1. The monoisotopic (exact) mass is 343 g/mol. The largest absolute Gasteiger partial charge is 0.479 e. The topological polar surface area (TPSA) is 77.6 Å². The molecule has 0 spiro atoms. The Balaban J connectivity index is 1.43. The third kappa shape index (κ3) is 3.06. The molecule has 0 saturated carbocycles. The molecule has 2 aromatic rings. The number of carbonyl (C=O) groups is 1. The number of nitrogens with zero attached hydrogens (tertiary/aromatic N) is 3. The molecule has 132 valence electrons. The van der Waals surface area contributed by atoms with Crippen molar-refractivity contribution in [2.24, 2.45) is 5.92 Å². The molecule has 2 aliphatic heterocycles. The minimum Gasteiger partial charge on any atom is -0.479 e. The number of piperidine rings is 1. The molecule has 2 bridgehead atoms. The highest BCUT2D eigenvalue weighted by molar-refractivity contribution is 5.76. The van der Waals surface area contributed by atoms with Crippen LogP contribution < -0.4 is 10.3 Å². The zero-order chi connectivity index (χ0) is 17.4. The van der Waals surface area contributed by atoms with Gasteiger partial charge in [-0.15, -0.1) is 0 Å². The zero-order valence-corrected chi connectivity index (χ0v) is 14.2. The van der Waals surface area contributed by atoms with Crippen molar-refractivity contribution in [3.05, 3.63) is 46.1 Å². The van der Waals surface area contributed by atoms with E-state index >= 15 is 0 Å². The van der Waals surface area contributed by atoms with E-state index in [1.807, 2.05) is 21.6 Å². The number of rotatable bonds is 4. The number of pyridine rings is 1. The van der Waals surface area contributed by atoms with Crippen molar-refractivity contribution in [2.75, 3.05) is 20.2 Å². The Kier molecular flexibility index (Phi) is 4.07. The third-order valence-electron chi connectivity index (χ3n) is 5.16. The molecular formula is C18H21N3O4. The molecule has 25 heavy (non-hydrogen) atoms. The van der Waals surface area contributed by atoms with E-state index in [1.54, 1.807) is 12.1 Å². The molecule has 7 heteroatoms. The maximum absolute atomic E-state index is 12.6. The Bertz CT molecular complexity index is 841. The SMILES string of the molecule is COc1cc(CCC(=O)N2C[C@@H]3C[C@H](C2)c2cccc(=O)n2C3)on1. The molecule has 1 amide bonds. The molecular weight excluding hydrogens is 322 g/mol. The molecule has 2 atom stereocenters. The van der Waals surface area contributed by atoms with Gasteiger partial charge in [0.05, 0.1) is 7.11 Å². The first-order valence-corrected chi connectivity index (χ1v) is 8.61. The number of aromatic nitrogens is 2. The maximum atomic E-state index is 12.6. The van der Waals surface area contributed by atoms with Crippen LogP contribution in [0.4, 0.5) is 0 Å². The summed E-state index contributed by atoms with van der Waals surface area (Å²) in [6.07, 6.45) is 1.95. The Morgan fingerprint density at radius 1 is 1.36 bits per heavy atom. The average Bonchev–Trinajstić information content (AvgIpc) is 3.08. The minimum atomic E-state index is 0.0613. The van der Waals surface area contributed by atoms with Crippen LogP contribution in [-0.4, -0.2) is 40.7 Å². The summed E-state index contributed by atoms with van der Waals surface area (Å²) >= 11 is 0. The van der Waals surface area contributed by atoms with Crippen molar-refractivity contribution in [3.63, 3.8) is 0 Å². The van der Waals surface area contributed by atoms with Gasteiger partial charge in [0, 0.05) is 56.2 Å². The van der Waals surface area contributed by atoms with E-state index in [1.165, 1.54) is 7.11 Å². The normalized spacial score (nSPS) is 21.7. The summed E-state index contributed by atoms with van der Waals surface area (Å²) in [6.45, 7) is 2.10. The van der Waals surface area contributed by atoms with Crippen LogP contribution in [0.15, 0.2) is 33.6 Å². The fourth-order valence-corrected chi connectivity index (χ4v) is 4.00. The Labute approximate surface area is 145 Å². The predicted molar refractivity (Wildman–Crippen MR) is 89.5 cm³/mol. The van der Waals surface area contributed by atoms with Crippen molar-refractivity contribution in [3.8, 4) is 5.88 Å². The number of hydrogen-bond acceptors (Lipinski definition) is 5. The Morgan fingerprint density at radius 2 is 2.24 bits per heavy atom. The second kappa shape index (κ2) is 6.38. The van der Waals surface area contributed by atoms with Gasteiger partial charge in [-0.05, 0) is 23.6 Å². The summed E-state index contributed by atoms with van der Waals surface area (Å²) in [4.78, 5) is 26.6. The average molecular weight is 343 g/mol. The molecule has 0 aliphatic carbocycles. The second-order valence-electron chi connectivity index (χ2n) is 6.83. The third-order valence-corrected chi connectivity index (χ3v) is 5.16. The van der Waals surface area contributed by atoms with Crippen LogP contribution in [0.2, 0.25) is 0 Å². The van der Waals surface area contributed by atoms with Crippen LogP contribution >= 0.6 is 0 Å². The fourth-order valence-electron chi connectivity index (χ4n) is 4.00. The first kappa shape index (κ1) is 15.9. The number of methoxy groups -OCH3 is 1. The number of hydrogen-bond donors (Lipinski definition) is 0. The number of aryl methyl sites for hydroxylation is 1. The molecule has 7 nitrogen and oxygen atoms in total. The van der Waals surface area contributed by atoms with Crippen molar-refractivity contribution in [2.45, 2.75) is 31.7 Å². The van der Waals surface area contributed by atoms with Crippen LogP contribution in [0, 0.1) is 5.92 Å². The van der Waals surface area contributed by atoms with Gasteiger partial charge in [-0.25, -0.2) is 0 Å². The van der Waals surface area contributed by atoms with Gasteiger partial charge in [0.25, 0.3) is 11.4 Å². The highest BCUT2D eigenvalue weighted by Gasteiger charge is 2.36. The van der Waals surface area contributed by atoms with E-state index < -0.39 is 0 Å². The number of likely N-dealkylation sites (tertiary alicyclic amines) is 1. The van der Waals surface area contributed by atoms with Crippen LogP contribution in [0.3, 0.4) is 0 Å². The van der Waals surface area contributed by atoms with Crippen LogP contribution in [0.1, 0.15) is 30.2 Å². The summed E-state index contributed by atoms with van der Waals surface area (Å²) < 4.78 is 12.0. The lowest BCUT2D eigenvalue weighted by Crippen LogP contribution is -2.49. The molecule has 2 aromatic heterocycles. The molecule has 4 heterocycles. The van der Waals surface area contributed by atoms with E-state index in [-0.39, 0.29) is 17.4 Å². The van der Waals surface area contributed by atoms with Crippen molar-refractivity contribution in [1.82, 2.24) is 14.6 Å². The number of fused-ring (bicyclic) bond motifs is 4. The van der Waals surface area contributed by atoms with E-state index in [0.717, 1.165) is 18.7 Å². The van der Waals surface area contributed by atoms with Gasteiger partial charge in [-0.2, -0.15) is 0 Å². The lowest BCUT2D eigenvalue weighted by Gasteiger charge is -2.42. The number of amides is 1. The summed E-state index contributed by atoms with van der Waals surface area (Å²) in [6, 6.07) is 7.14. The van der Waals surface area contributed by atoms with Gasteiger partial charge in [-0.3, -0.25) is 9.59 Å². The van der Waals surface area contributed by atoms with Crippen molar-refractivity contribution in [1.29, 1.82) is 0 Å². The lowest BCUT2D eigenvalue weighted by molar-refractivity contribution is -0.134. The quantitative estimate of drug-likeness (QED) is 0.839. The molecule has 0 aromatic carbocycles. The maximum Gasteiger partial charge on any atom is 0.254 e. The smallest absolute Gasteiger partial charge is 0.254 e. The number of ether oxygens (including phenoxy) is 1. The highest BCUT2D eigenvalue weighted by atomic mass is 16.5. The molecule has 0 N–H and O–H groups in total. The van der Waals surface area contributed by atoms with Gasteiger partial charge in [0.1, 0.15) is 5.76 Å². The van der Waals surface area contributed by atoms with E-state index in [9.17, 15) is 9.59 Å². The fraction of sp³-hybridized carbons (Fsp3) is 0.500. The van der Waals surface area contributed by atoms with Gasteiger partial charge >= 0.3 is 0 Å². The molecule has 1 saturated heterocycles. The van der Waals surface area contributed by atoms with E-state index in [2.05, 4.69) is 5.16 Å².